The van der Waals surface area contributed by atoms with E-state index in [1.807, 2.05) is 23.1 Å². The van der Waals surface area contributed by atoms with E-state index in [4.69, 9.17) is 0 Å². The first kappa shape index (κ1) is 12.6. The Morgan fingerprint density at radius 2 is 1.89 bits per heavy atom. The SMILES string of the molecule is O=C1c2ccccc2CN1CCCN1CCNCC1. The van der Waals surface area contributed by atoms with Crippen molar-refractivity contribution in [1.29, 1.82) is 0 Å². The van der Waals surface area contributed by atoms with Gasteiger partial charge in [0.1, 0.15) is 0 Å². The van der Waals surface area contributed by atoms with E-state index in [9.17, 15) is 4.79 Å². The molecule has 1 N–H and O–H groups in total. The Hall–Kier alpha value is -1.39. The van der Waals surface area contributed by atoms with Crippen molar-refractivity contribution in [2.24, 2.45) is 0 Å². The van der Waals surface area contributed by atoms with Crippen LogP contribution in [-0.2, 0) is 6.54 Å². The van der Waals surface area contributed by atoms with Gasteiger partial charge in [-0.1, -0.05) is 18.2 Å². The summed E-state index contributed by atoms with van der Waals surface area (Å²) in [6.07, 6.45) is 1.07. The molecule has 4 heteroatoms. The minimum absolute atomic E-state index is 0.205. The van der Waals surface area contributed by atoms with Gasteiger partial charge < -0.3 is 15.1 Å². The molecule has 1 fully saturated rings. The number of nitrogens with zero attached hydrogens (tertiary/aromatic N) is 2. The van der Waals surface area contributed by atoms with E-state index >= 15 is 0 Å². The number of rotatable bonds is 4. The third-order valence-electron chi connectivity index (χ3n) is 4.01. The van der Waals surface area contributed by atoms with Crippen LogP contribution < -0.4 is 5.32 Å². The number of fused-ring (bicyclic) bond motifs is 1. The van der Waals surface area contributed by atoms with Gasteiger partial charge in [-0.2, -0.15) is 0 Å². The molecule has 102 valence electrons. The molecule has 0 spiro atoms. The van der Waals surface area contributed by atoms with Gasteiger partial charge in [0.25, 0.3) is 5.91 Å². The van der Waals surface area contributed by atoms with E-state index in [-0.39, 0.29) is 5.91 Å². The van der Waals surface area contributed by atoms with Gasteiger partial charge in [-0.3, -0.25) is 4.79 Å². The number of carbonyl (C=O) groups is 1. The first-order valence-electron chi connectivity index (χ1n) is 7.15. The van der Waals surface area contributed by atoms with Crippen LogP contribution in [0.3, 0.4) is 0 Å². The minimum atomic E-state index is 0.205. The molecule has 0 aliphatic carbocycles. The zero-order valence-electron chi connectivity index (χ0n) is 11.3. The van der Waals surface area contributed by atoms with E-state index in [0.29, 0.717) is 0 Å². The van der Waals surface area contributed by atoms with E-state index in [1.165, 1.54) is 5.56 Å². The summed E-state index contributed by atoms with van der Waals surface area (Å²) in [7, 11) is 0. The quantitative estimate of drug-likeness (QED) is 0.874. The number of amides is 1. The molecule has 2 heterocycles. The number of benzene rings is 1. The van der Waals surface area contributed by atoms with Crippen molar-refractivity contribution in [3.05, 3.63) is 35.4 Å². The van der Waals surface area contributed by atoms with Gasteiger partial charge in [0.05, 0.1) is 0 Å². The summed E-state index contributed by atoms with van der Waals surface area (Å²) in [6, 6.07) is 7.95. The number of nitrogens with one attached hydrogen (secondary N) is 1. The van der Waals surface area contributed by atoms with Crippen LogP contribution in [0.4, 0.5) is 0 Å². The average molecular weight is 259 g/mol. The maximum absolute atomic E-state index is 12.2. The molecule has 3 rings (SSSR count). The zero-order chi connectivity index (χ0) is 13.1. The van der Waals surface area contributed by atoms with E-state index < -0.39 is 0 Å². The summed E-state index contributed by atoms with van der Waals surface area (Å²) in [5, 5.41) is 3.36. The van der Waals surface area contributed by atoms with Crippen molar-refractivity contribution in [1.82, 2.24) is 15.1 Å². The highest BCUT2D eigenvalue weighted by atomic mass is 16.2. The van der Waals surface area contributed by atoms with Crippen molar-refractivity contribution in [2.45, 2.75) is 13.0 Å². The zero-order valence-corrected chi connectivity index (χ0v) is 11.3. The van der Waals surface area contributed by atoms with Crippen molar-refractivity contribution >= 4 is 5.91 Å². The van der Waals surface area contributed by atoms with E-state index in [2.05, 4.69) is 16.3 Å². The molecule has 1 aromatic rings. The predicted octanol–water partition coefficient (Wildman–Crippen LogP) is 0.938. The summed E-state index contributed by atoms with van der Waals surface area (Å²) in [4.78, 5) is 16.6. The van der Waals surface area contributed by atoms with Crippen LogP contribution in [-0.4, -0.2) is 55.0 Å². The second kappa shape index (κ2) is 5.72. The normalized spacial score (nSPS) is 19.8. The lowest BCUT2D eigenvalue weighted by Crippen LogP contribution is -2.44. The Morgan fingerprint density at radius 3 is 2.68 bits per heavy atom. The molecule has 0 bridgehead atoms. The average Bonchev–Trinajstić information content (AvgIpc) is 2.78. The monoisotopic (exact) mass is 259 g/mol. The largest absolute Gasteiger partial charge is 0.334 e. The standard InChI is InChI=1S/C15H21N3O/c19-15-14-5-2-1-4-13(14)12-18(15)9-3-8-17-10-6-16-7-11-17/h1-2,4-5,16H,3,6-12H2. The smallest absolute Gasteiger partial charge is 0.254 e. The number of hydrogen-bond acceptors (Lipinski definition) is 3. The lowest BCUT2D eigenvalue weighted by Gasteiger charge is -2.27. The highest BCUT2D eigenvalue weighted by molar-refractivity contribution is 5.98. The fraction of sp³-hybridized carbons (Fsp3) is 0.533. The third kappa shape index (κ3) is 2.80. The Bertz CT molecular complexity index is 454. The maximum Gasteiger partial charge on any atom is 0.254 e. The fourth-order valence-electron chi connectivity index (χ4n) is 2.92. The molecule has 2 aliphatic heterocycles. The molecule has 1 saturated heterocycles. The molecule has 1 aromatic carbocycles. The molecule has 0 saturated carbocycles. The fourth-order valence-corrected chi connectivity index (χ4v) is 2.92. The van der Waals surface area contributed by atoms with Crippen LogP contribution in [0.25, 0.3) is 0 Å². The molecule has 0 unspecified atom stereocenters. The Labute approximate surface area is 114 Å². The van der Waals surface area contributed by atoms with E-state index in [1.54, 1.807) is 0 Å². The Balaban J connectivity index is 1.48. The molecule has 2 aliphatic rings. The predicted molar refractivity (Wildman–Crippen MR) is 75.1 cm³/mol. The van der Waals surface area contributed by atoms with Crippen molar-refractivity contribution < 1.29 is 4.79 Å². The van der Waals surface area contributed by atoms with Gasteiger partial charge in [-0.25, -0.2) is 0 Å². The molecule has 0 aromatic heterocycles. The van der Waals surface area contributed by atoms with Crippen LogP contribution in [0.5, 0.6) is 0 Å². The lowest BCUT2D eigenvalue weighted by atomic mass is 10.1. The van der Waals surface area contributed by atoms with Gasteiger partial charge in [-0.05, 0) is 24.6 Å². The van der Waals surface area contributed by atoms with Gasteiger partial charge in [0, 0.05) is 44.8 Å². The molecular formula is C15H21N3O. The van der Waals surface area contributed by atoms with Crippen LogP contribution >= 0.6 is 0 Å². The minimum Gasteiger partial charge on any atom is -0.334 e. The Kier molecular flexibility index (Phi) is 3.80. The molecule has 0 atom stereocenters. The van der Waals surface area contributed by atoms with Crippen molar-refractivity contribution in [3.63, 3.8) is 0 Å². The maximum atomic E-state index is 12.2. The second-order valence-corrected chi connectivity index (χ2v) is 5.33. The summed E-state index contributed by atoms with van der Waals surface area (Å²) in [5.74, 6) is 0.205. The first-order valence-corrected chi connectivity index (χ1v) is 7.15. The Morgan fingerprint density at radius 1 is 1.11 bits per heavy atom. The topological polar surface area (TPSA) is 35.6 Å². The van der Waals surface area contributed by atoms with Crippen LogP contribution in [0.1, 0.15) is 22.3 Å². The number of hydrogen-bond donors (Lipinski definition) is 1. The van der Waals surface area contributed by atoms with Crippen LogP contribution in [0, 0.1) is 0 Å². The third-order valence-corrected chi connectivity index (χ3v) is 4.01. The summed E-state index contributed by atoms with van der Waals surface area (Å²) < 4.78 is 0. The lowest BCUT2D eigenvalue weighted by molar-refractivity contribution is 0.0769. The first-order chi connectivity index (χ1) is 9.34. The molecule has 19 heavy (non-hydrogen) atoms. The summed E-state index contributed by atoms with van der Waals surface area (Å²) in [6.45, 7) is 7.21. The highest BCUT2D eigenvalue weighted by Crippen LogP contribution is 2.22. The van der Waals surface area contributed by atoms with Crippen LogP contribution in [0.15, 0.2) is 24.3 Å². The number of carbonyl (C=O) groups excluding carboxylic acids is 1. The van der Waals surface area contributed by atoms with Gasteiger partial charge in [0.15, 0.2) is 0 Å². The van der Waals surface area contributed by atoms with Crippen molar-refractivity contribution in [2.75, 3.05) is 39.3 Å². The summed E-state index contributed by atoms with van der Waals surface area (Å²) in [5.41, 5.74) is 2.07. The number of piperazine rings is 1. The van der Waals surface area contributed by atoms with Crippen LogP contribution in [0.2, 0.25) is 0 Å². The summed E-state index contributed by atoms with van der Waals surface area (Å²) >= 11 is 0. The molecular weight excluding hydrogens is 238 g/mol. The van der Waals surface area contributed by atoms with Gasteiger partial charge in [0.2, 0.25) is 0 Å². The highest BCUT2D eigenvalue weighted by Gasteiger charge is 2.26. The molecule has 4 nitrogen and oxygen atoms in total. The van der Waals surface area contributed by atoms with Gasteiger partial charge in [-0.15, -0.1) is 0 Å². The van der Waals surface area contributed by atoms with E-state index in [0.717, 1.165) is 57.8 Å². The van der Waals surface area contributed by atoms with Crippen molar-refractivity contribution in [3.8, 4) is 0 Å². The second-order valence-electron chi connectivity index (χ2n) is 5.33. The van der Waals surface area contributed by atoms with Gasteiger partial charge >= 0.3 is 0 Å². The molecule has 0 radical (unpaired) electrons. The molecule has 1 amide bonds.